The van der Waals surface area contributed by atoms with Gasteiger partial charge in [-0.3, -0.25) is 4.79 Å². The largest absolute Gasteiger partial charge is 0.452 e. The average molecular weight is 367 g/mol. The average Bonchev–Trinajstić information content (AvgIpc) is 2.72. The number of halogens is 1. The second kappa shape index (κ2) is 8.32. The number of piperazine rings is 1. The number of para-hydroxylation sites is 1. The van der Waals surface area contributed by atoms with Crippen molar-refractivity contribution in [2.24, 2.45) is 0 Å². The van der Waals surface area contributed by atoms with Crippen LogP contribution in [0, 0.1) is 17.1 Å². The Morgan fingerprint density at radius 1 is 1.07 bits per heavy atom. The maximum absolute atomic E-state index is 13.9. The molecule has 0 unspecified atom stereocenters. The zero-order chi connectivity index (χ0) is 19.2. The van der Waals surface area contributed by atoms with E-state index in [0.29, 0.717) is 37.4 Å². The first-order chi connectivity index (χ1) is 13.1. The molecule has 1 aliphatic heterocycles. The molecule has 6 nitrogen and oxygen atoms in total. The molecule has 0 atom stereocenters. The number of rotatable bonds is 4. The Balaban J connectivity index is 1.50. The van der Waals surface area contributed by atoms with Crippen LogP contribution in [0.1, 0.15) is 15.9 Å². The number of hydrogen-bond donors (Lipinski definition) is 0. The van der Waals surface area contributed by atoms with Crippen molar-refractivity contribution < 1.29 is 18.7 Å². The molecule has 0 spiro atoms. The predicted molar refractivity (Wildman–Crippen MR) is 96.6 cm³/mol. The predicted octanol–water partition coefficient (Wildman–Crippen LogP) is 2.20. The number of amides is 1. The molecule has 1 aliphatic rings. The molecule has 0 radical (unpaired) electrons. The minimum absolute atomic E-state index is 0.228. The molecule has 1 saturated heterocycles. The molecular formula is C20H18FN3O3. The second-order valence-corrected chi connectivity index (χ2v) is 6.09. The summed E-state index contributed by atoms with van der Waals surface area (Å²) in [5.41, 5.74) is 1.10. The summed E-state index contributed by atoms with van der Waals surface area (Å²) in [6.45, 7) is 1.49. The SMILES string of the molecule is N#Cc1cccc(C(=O)OCC(=O)N2CCN(c3ccccc3F)CC2)c1. The van der Waals surface area contributed by atoms with Crippen molar-refractivity contribution in [2.75, 3.05) is 37.7 Å². The summed E-state index contributed by atoms with van der Waals surface area (Å²) in [7, 11) is 0. The lowest BCUT2D eigenvalue weighted by Gasteiger charge is -2.36. The normalized spacial score (nSPS) is 13.8. The number of ether oxygens (including phenoxy) is 1. The Morgan fingerprint density at radius 3 is 2.52 bits per heavy atom. The molecule has 1 heterocycles. The van der Waals surface area contributed by atoms with Gasteiger partial charge in [0.1, 0.15) is 5.82 Å². The van der Waals surface area contributed by atoms with Crippen molar-refractivity contribution in [3.63, 3.8) is 0 Å². The van der Waals surface area contributed by atoms with Gasteiger partial charge in [-0.1, -0.05) is 18.2 Å². The highest BCUT2D eigenvalue weighted by molar-refractivity contribution is 5.91. The van der Waals surface area contributed by atoms with Gasteiger partial charge in [0.2, 0.25) is 0 Å². The van der Waals surface area contributed by atoms with Gasteiger partial charge in [-0.15, -0.1) is 0 Å². The minimum Gasteiger partial charge on any atom is -0.452 e. The van der Waals surface area contributed by atoms with Crippen molar-refractivity contribution in [3.05, 3.63) is 65.5 Å². The highest BCUT2D eigenvalue weighted by Gasteiger charge is 2.23. The molecule has 0 bridgehead atoms. The molecule has 0 N–H and O–H groups in total. The Kier molecular flexibility index (Phi) is 5.67. The molecule has 1 amide bonds. The van der Waals surface area contributed by atoms with E-state index < -0.39 is 5.97 Å². The summed E-state index contributed by atoms with van der Waals surface area (Å²) in [4.78, 5) is 27.8. The first-order valence-electron chi connectivity index (χ1n) is 8.53. The number of hydrogen-bond acceptors (Lipinski definition) is 5. The number of benzene rings is 2. The third-order valence-electron chi connectivity index (χ3n) is 4.38. The van der Waals surface area contributed by atoms with Crippen LogP contribution in [0.2, 0.25) is 0 Å². The van der Waals surface area contributed by atoms with E-state index in [1.807, 2.05) is 11.0 Å². The smallest absolute Gasteiger partial charge is 0.338 e. The van der Waals surface area contributed by atoms with Crippen LogP contribution >= 0.6 is 0 Å². The van der Waals surface area contributed by atoms with E-state index in [1.54, 1.807) is 35.2 Å². The van der Waals surface area contributed by atoms with Gasteiger partial charge in [-0.05, 0) is 30.3 Å². The Bertz CT molecular complexity index is 886. The Morgan fingerprint density at radius 2 is 1.81 bits per heavy atom. The number of carbonyl (C=O) groups excluding carboxylic acids is 2. The number of esters is 1. The van der Waals surface area contributed by atoms with E-state index in [4.69, 9.17) is 10.00 Å². The number of carbonyl (C=O) groups is 2. The van der Waals surface area contributed by atoms with Crippen LogP contribution in [0.3, 0.4) is 0 Å². The van der Waals surface area contributed by atoms with Crippen LogP contribution < -0.4 is 4.90 Å². The Hall–Kier alpha value is -3.40. The van der Waals surface area contributed by atoms with E-state index in [2.05, 4.69) is 0 Å². The van der Waals surface area contributed by atoms with Gasteiger partial charge >= 0.3 is 5.97 Å². The molecular weight excluding hydrogens is 349 g/mol. The fraction of sp³-hybridized carbons (Fsp3) is 0.250. The molecule has 1 fully saturated rings. The fourth-order valence-corrected chi connectivity index (χ4v) is 2.92. The van der Waals surface area contributed by atoms with E-state index >= 15 is 0 Å². The van der Waals surface area contributed by atoms with E-state index in [-0.39, 0.29) is 23.9 Å². The van der Waals surface area contributed by atoms with Gasteiger partial charge in [-0.2, -0.15) is 5.26 Å². The first kappa shape index (κ1) is 18.4. The van der Waals surface area contributed by atoms with Crippen LogP contribution in [0.15, 0.2) is 48.5 Å². The third-order valence-corrected chi connectivity index (χ3v) is 4.38. The van der Waals surface area contributed by atoms with Crippen LogP contribution in [0.4, 0.5) is 10.1 Å². The lowest BCUT2D eigenvalue weighted by atomic mass is 10.1. The van der Waals surface area contributed by atoms with E-state index in [9.17, 15) is 14.0 Å². The van der Waals surface area contributed by atoms with Gasteiger partial charge in [0.05, 0.1) is 22.9 Å². The third kappa shape index (κ3) is 4.42. The minimum atomic E-state index is -0.648. The zero-order valence-corrected chi connectivity index (χ0v) is 14.6. The van der Waals surface area contributed by atoms with Gasteiger partial charge < -0.3 is 14.5 Å². The topological polar surface area (TPSA) is 73.6 Å². The lowest BCUT2D eigenvalue weighted by Crippen LogP contribution is -2.50. The standard InChI is InChI=1S/C20H18FN3O3/c21-17-6-1-2-7-18(17)23-8-10-24(11-9-23)19(25)14-27-20(26)16-5-3-4-15(12-16)13-22/h1-7,12H,8-11,14H2. The van der Waals surface area contributed by atoms with E-state index in [1.165, 1.54) is 18.2 Å². The summed E-state index contributed by atoms with van der Waals surface area (Å²) in [6, 6.07) is 14.6. The Labute approximate surface area is 156 Å². The quantitative estimate of drug-likeness (QED) is 0.775. The van der Waals surface area contributed by atoms with Crippen LogP contribution in [0.25, 0.3) is 0 Å². The van der Waals surface area contributed by atoms with Crippen molar-refractivity contribution >= 4 is 17.6 Å². The van der Waals surface area contributed by atoms with Gasteiger partial charge in [0.25, 0.3) is 5.91 Å². The highest BCUT2D eigenvalue weighted by Crippen LogP contribution is 2.20. The highest BCUT2D eigenvalue weighted by atomic mass is 19.1. The van der Waals surface area contributed by atoms with Gasteiger partial charge in [0.15, 0.2) is 6.61 Å². The van der Waals surface area contributed by atoms with Crippen molar-refractivity contribution in [1.82, 2.24) is 4.90 Å². The summed E-state index contributed by atoms with van der Waals surface area (Å²) >= 11 is 0. The van der Waals surface area contributed by atoms with Crippen LogP contribution in [-0.2, 0) is 9.53 Å². The van der Waals surface area contributed by atoms with Gasteiger partial charge in [-0.25, -0.2) is 9.18 Å². The monoisotopic (exact) mass is 367 g/mol. The lowest BCUT2D eigenvalue weighted by molar-refractivity contribution is -0.134. The van der Waals surface area contributed by atoms with Crippen molar-refractivity contribution in [2.45, 2.75) is 0 Å². The first-order valence-corrected chi connectivity index (χ1v) is 8.53. The molecule has 3 rings (SSSR count). The molecule has 138 valence electrons. The molecule has 0 aromatic heterocycles. The fourth-order valence-electron chi connectivity index (χ4n) is 2.92. The molecule has 2 aromatic carbocycles. The summed E-state index contributed by atoms with van der Waals surface area (Å²) in [6.07, 6.45) is 0. The maximum atomic E-state index is 13.9. The second-order valence-electron chi connectivity index (χ2n) is 6.09. The molecule has 27 heavy (non-hydrogen) atoms. The summed E-state index contributed by atoms with van der Waals surface area (Å²) in [5, 5.41) is 8.86. The summed E-state index contributed by atoms with van der Waals surface area (Å²) < 4.78 is 18.9. The number of nitrogens with zero attached hydrogens (tertiary/aromatic N) is 3. The number of anilines is 1. The summed E-state index contributed by atoms with van der Waals surface area (Å²) in [5.74, 6) is -1.23. The van der Waals surface area contributed by atoms with Gasteiger partial charge in [0, 0.05) is 26.2 Å². The van der Waals surface area contributed by atoms with Crippen molar-refractivity contribution in [1.29, 1.82) is 5.26 Å². The zero-order valence-electron chi connectivity index (χ0n) is 14.6. The maximum Gasteiger partial charge on any atom is 0.338 e. The van der Waals surface area contributed by atoms with Crippen molar-refractivity contribution in [3.8, 4) is 6.07 Å². The van der Waals surface area contributed by atoms with Crippen LogP contribution in [0.5, 0.6) is 0 Å². The molecule has 0 saturated carbocycles. The van der Waals surface area contributed by atoms with E-state index in [0.717, 1.165) is 0 Å². The molecule has 0 aliphatic carbocycles. The van der Waals surface area contributed by atoms with Crippen LogP contribution in [-0.4, -0.2) is 49.6 Å². The molecule has 7 heteroatoms. The molecule has 2 aromatic rings. The number of nitriles is 1.